The van der Waals surface area contributed by atoms with Crippen molar-refractivity contribution in [3.63, 3.8) is 0 Å². The number of fused-ring (bicyclic) bond motifs is 1. The van der Waals surface area contributed by atoms with E-state index >= 15 is 0 Å². The van der Waals surface area contributed by atoms with E-state index in [0.29, 0.717) is 0 Å². The van der Waals surface area contributed by atoms with Crippen LogP contribution in [0, 0.1) is 0 Å². The lowest BCUT2D eigenvalue weighted by molar-refractivity contribution is 0.516. The minimum Gasteiger partial charge on any atom is -0.372 e. The van der Waals surface area contributed by atoms with E-state index in [2.05, 4.69) is 18.3 Å². The number of anilines is 1. The van der Waals surface area contributed by atoms with Gasteiger partial charge < -0.3 is 5.32 Å². The summed E-state index contributed by atoms with van der Waals surface area (Å²) in [4.78, 5) is 12.0. The molecule has 0 saturated heterocycles. The van der Waals surface area contributed by atoms with Gasteiger partial charge in [0.15, 0.2) is 0 Å². The van der Waals surface area contributed by atoms with Gasteiger partial charge in [0.2, 0.25) is 0 Å². The summed E-state index contributed by atoms with van der Waals surface area (Å²) in [5.41, 5.74) is 0. The minimum atomic E-state index is 0.811. The predicted octanol–water partition coefficient (Wildman–Crippen LogP) is 4.86. The number of aryl methyl sites for hydroxylation is 1. The average Bonchev–Trinajstić information content (AvgIpc) is 2.96. The maximum atomic E-state index is 4.78. The molecule has 3 nitrogen and oxygen atoms in total. The lowest BCUT2D eigenvalue weighted by Gasteiger charge is -2.20. The van der Waals surface area contributed by atoms with Crippen molar-refractivity contribution in [1.29, 1.82) is 0 Å². The van der Waals surface area contributed by atoms with E-state index in [9.17, 15) is 0 Å². The van der Waals surface area contributed by atoms with E-state index in [4.69, 9.17) is 9.97 Å². The van der Waals surface area contributed by atoms with Crippen LogP contribution in [0.4, 0.5) is 5.82 Å². The van der Waals surface area contributed by atoms with Gasteiger partial charge in [-0.15, -0.1) is 11.3 Å². The maximum Gasteiger partial charge on any atom is 0.142 e. The summed E-state index contributed by atoms with van der Waals surface area (Å²) in [7, 11) is 1.95. The molecule has 0 radical (unpaired) electrons. The standard InChI is InChI=1S/C16H23N3S2/c1-3-11-9-13-15(17-2)18-14(19-16(13)21-11)10-20-12-7-5-4-6-8-12/h9,12H,3-8,10H2,1-2H3,(H,17,18,19). The highest BCUT2D eigenvalue weighted by Gasteiger charge is 2.16. The lowest BCUT2D eigenvalue weighted by atomic mass is 10.0. The fraction of sp³-hybridized carbons (Fsp3) is 0.625. The number of nitrogens with one attached hydrogen (secondary N) is 1. The Balaban J connectivity index is 1.78. The summed E-state index contributed by atoms with van der Waals surface area (Å²) in [6.45, 7) is 2.19. The van der Waals surface area contributed by atoms with Crippen LogP contribution in [0.2, 0.25) is 0 Å². The Labute approximate surface area is 135 Å². The summed E-state index contributed by atoms with van der Waals surface area (Å²) in [5.74, 6) is 2.90. The molecule has 0 atom stereocenters. The van der Waals surface area contributed by atoms with Crippen LogP contribution in [0.25, 0.3) is 10.2 Å². The number of thioether (sulfide) groups is 1. The van der Waals surface area contributed by atoms with E-state index in [1.165, 1.54) is 42.4 Å². The molecule has 5 heteroatoms. The first kappa shape index (κ1) is 15.1. The second-order valence-electron chi connectivity index (χ2n) is 5.59. The molecule has 2 aromatic rings. The fourth-order valence-electron chi connectivity index (χ4n) is 2.87. The van der Waals surface area contributed by atoms with Crippen molar-refractivity contribution in [2.45, 2.75) is 56.5 Å². The van der Waals surface area contributed by atoms with E-state index in [1.54, 1.807) is 11.3 Å². The Morgan fingerprint density at radius 2 is 2.10 bits per heavy atom. The van der Waals surface area contributed by atoms with Gasteiger partial charge >= 0.3 is 0 Å². The summed E-state index contributed by atoms with van der Waals surface area (Å²) in [6.07, 6.45) is 8.00. The molecule has 0 amide bonds. The Bertz CT molecular complexity index is 603. The molecule has 0 aliphatic heterocycles. The van der Waals surface area contributed by atoms with Crippen LogP contribution in [0.1, 0.15) is 49.7 Å². The molecule has 3 rings (SSSR count). The highest BCUT2D eigenvalue weighted by atomic mass is 32.2. The lowest BCUT2D eigenvalue weighted by Crippen LogP contribution is -2.09. The van der Waals surface area contributed by atoms with Gasteiger partial charge in [0.05, 0.1) is 11.1 Å². The number of nitrogens with zero attached hydrogens (tertiary/aromatic N) is 2. The van der Waals surface area contributed by atoms with Crippen LogP contribution in [0.5, 0.6) is 0 Å². The predicted molar refractivity (Wildman–Crippen MR) is 94.5 cm³/mol. The monoisotopic (exact) mass is 321 g/mol. The summed E-state index contributed by atoms with van der Waals surface area (Å²) < 4.78 is 0. The number of hydrogen-bond acceptors (Lipinski definition) is 5. The Morgan fingerprint density at radius 1 is 1.29 bits per heavy atom. The first-order valence-electron chi connectivity index (χ1n) is 7.89. The highest BCUT2D eigenvalue weighted by molar-refractivity contribution is 7.99. The molecule has 1 fully saturated rings. The van der Waals surface area contributed by atoms with E-state index < -0.39 is 0 Å². The number of thiophene rings is 1. The zero-order valence-electron chi connectivity index (χ0n) is 12.8. The van der Waals surface area contributed by atoms with Gasteiger partial charge in [-0.25, -0.2) is 9.97 Å². The number of rotatable bonds is 5. The molecule has 114 valence electrons. The molecule has 2 aromatic heterocycles. The topological polar surface area (TPSA) is 37.8 Å². The zero-order valence-corrected chi connectivity index (χ0v) is 14.4. The Morgan fingerprint density at radius 3 is 2.81 bits per heavy atom. The second-order valence-corrected chi connectivity index (χ2v) is 8.00. The molecule has 2 heterocycles. The normalized spacial score (nSPS) is 16.5. The fourth-order valence-corrected chi connectivity index (χ4v) is 5.04. The third-order valence-corrected chi connectivity index (χ3v) is 6.62. The van der Waals surface area contributed by atoms with Crippen molar-refractivity contribution in [1.82, 2.24) is 9.97 Å². The molecule has 0 bridgehead atoms. The number of hydrogen-bond donors (Lipinski definition) is 1. The number of aromatic nitrogens is 2. The SMILES string of the molecule is CCc1cc2c(NC)nc(CSC3CCCCC3)nc2s1. The third-order valence-electron chi connectivity index (χ3n) is 4.08. The third kappa shape index (κ3) is 3.51. The highest BCUT2D eigenvalue weighted by Crippen LogP contribution is 2.32. The largest absolute Gasteiger partial charge is 0.372 e. The smallest absolute Gasteiger partial charge is 0.142 e. The van der Waals surface area contributed by atoms with Gasteiger partial charge in [-0.1, -0.05) is 26.2 Å². The molecule has 1 aliphatic rings. The molecular weight excluding hydrogens is 298 g/mol. The second kappa shape index (κ2) is 6.97. The summed E-state index contributed by atoms with van der Waals surface area (Å²) in [6, 6.07) is 2.23. The van der Waals surface area contributed by atoms with Crippen LogP contribution in [-0.2, 0) is 12.2 Å². The van der Waals surface area contributed by atoms with Gasteiger partial charge in [0, 0.05) is 17.2 Å². The Hall–Kier alpha value is -0.810. The van der Waals surface area contributed by atoms with Crippen LogP contribution in [-0.4, -0.2) is 22.3 Å². The van der Waals surface area contributed by atoms with Crippen LogP contribution in [0.3, 0.4) is 0 Å². The van der Waals surface area contributed by atoms with E-state index in [0.717, 1.165) is 33.9 Å². The van der Waals surface area contributed by atoms with E-state index in [-0.39, 0.29) is 0 Å². The summed E-state index contributed by atoms with van der Waals surface area (Å²) in [5, 5.41) is 5.21. The van der Waals surface area contributed by atoms with Gasteiger partial charge in [-0.05, 0) is 25.3 Å². The molecule has 0 unspecified atom stereocenters. The molecule has 1 N–H and O–H groups in total. The van der Waals surface area contributed by atoms with Crippen LogP contribution in [0.15, 0.2) is 6.07 Å². The van der Waals surface area contributed by atoms with Gasteiger partial charge in [-0.2, -0.15) is 11.8 Å². The molecule has 0 spiro atoms. The van der Waals surface area contributed by atoms with Gasteiger partial charge in [0.25, 0.3) is 0 Å². The average molecular weight is 322 g/mol. The Kier molecular flexibility index (Phi) is 5.01. The van der Waals surface area contributed by atoms with Crippen molar-refractivity contribution in [2.75, 3.05) is 12.4 Å². The first-order valence-corrected chi connectivity index (χ1v) is 9.75. The molecular formula is C16H23N3S2. The maximum absolute atomic E-state index is 4.78. The van der Waals surface area contributed by atoms with Crippen molar-refractivity contribution < 1.29 is 0 Å². The van der Waals surface area contributed by atoms with Crippen molar-refractivity contribution in [3.8, 4) is 0 Å². The minimum absolute atomic E-state index is 0.811. The first-order chi connectivity index (χ1) is 10.3. The van der Waals surface area contributed by atoms with Crippen molar-refractivity contribution >= 4 is 39.1 Å². The van der Waals surface area contributed by atoms with Gasteiger partial charge in [0.1, 0.15) is 16.5 Å². The summed E-state index contributed by atoms with van der Waals surface area (Å²) >= 11 is 3.84. The quantitative estimate of drug-likeness (QED) is 0.853. The van der Waals surface area contributed by atoms with Crippen molar-refractivity contribution in [3.05, 3.63) is 16.8 Å². The van der Waals surface area contributed by atoms with E-state index in [1.807, 2.05) is 18.8 Å². The zero-order chi connectivity index (χ0) is 14.7. The molecule has 1 saturated carbocycles. The molecule has 0 aromatic carbocycles. The van der Waals surface area contributed by atoms with Crippen LogP contribution >= 0.6 is 23.1 Å². The van der Waals surface area contributed by atoms with Gasteiger partial charge in [-0.3, -0.25) is 0 Å². The molecule has 21 heavy (non-hydrogen) atoms. The van der Waals surface area contributed by atoms with Crippen LogP contribution < -0.4 is 5.32 Å². The molecule has 1 aliphatic carbocycles. The van der Waals surface area contributed by atoms with Crippen molar-refractivity contribution in [2.24, 2.45) is 0 Å².